The summed E-state index contributed by atoms with van der Waals surface area (Å²) in [4.78, 5) is 29.7. The molecule has 3 aromatic rings. The van der Waals surface area contributed by atoms with E-state index in [-0.39, 0.29) is 17.2 Å². The Morgan fingerprint density at radius 2 is 1.68 bits per heavy atom. The standard InChI is InChI=1S/C21H24ClN5O3S/c1-11(2)17-16(26-19(22)31-17)18(28)23-12-6-8-13(9-7-12)24-20(29)25-15-10-14(30-27-15)21(3,4)5/h6-11H,1-5H3,(H,23,28)(H2,24,25,27,29). The number of carbonyl (C=O) groups excluding carboxylic acids is 2. The zero-order valence-electron chi connectivity index (χ0n) is 17.9. The van der Waals surface area contributed by atoms with Crippen LogP contribution >= 0.6 is 22.9 Å². The first-order chi connectivity index (χ1) is 14.5. The molecule has 0 bridgehead atoms. The Hall–Kier alpha value is -2.91. The van der Waals surface area contributed by atoms with Crippen molar-refractivity contribution in [2.45, 2.75) is 46.0 Å². The molecule has 164 valence electrons. The smallest absolute Gasteiger partial charge is 0.324 e. The largest absolute Gasteiger partial charge is 0.359 e. The van der Waals surface area contributed by atoms with Gasteiger partial charge in [0.1, 0.15) is 11.5 Å². The van der Waals surface area contributed by atoms with Crippen LogP contribution in [-0.2, 0) is 5.41 Å². The van der Waals surface area contributed by atoms with E-state index in [1.165, 1.54) is 11.3 Å². The highest BCUT2D eigenvalue weighted by Gasteiger charge is 2.21. The van der Waals surface area contributed by atoms with Gasteiger partial charge in [-0.25, -0.2) is 9.78 Å². The molecule has 0 radical (unpaired) electrons. The number of halogens is 1. The van der Waals surface area contributed by atoms with Crippen LogP contribution in [0.2, 0.25) is 4.47 Å². The van der Waals surface area contributed by atoms with Gasteiger partial charge in [-0.3, -0.25) is 10.1 Å². The molecule has 31 heavy (non-hydrogen) atoms. The van der Waals surface area contributed by atoms with Crippen molar-refractivity contribution >= 4 is 52.1 Å². The molecular weight excluding hydrogens is 438 g/mol. The van der Waals surface area contributed by atoms with Crippen molar-refractivity contribution < 1.29 is 14.1 Å². The number of hydrogen-bond donors (Lipinski definition) is 3. The summed E-state index contributed by atoms with van der Waals surface area (Å²) in [6.07, 6.45) is 0. The van der Waals surface area contributed by atoms with Crippen LogP contribution in [0.25, 0.3) is 0 Å². The molecule has 0 saturated carbocycles. The Balaban J connectivity index is 1.59. The molecule has 0 aliphatic rings. The van der Waals surface area contributed by atoms with E-state index in [4.69, 9.17) is 16.1 Å². The van der Waals surface area contributed by atoms with Gasteiger partial charge < -0.3 is 15.2 Å². The summed E-state index contributed by atoms with van der Waals surface area (Å²) < 4.78 is 5.58. The van der Waals surface area contributed by atoms with Gasteiger partial charge in [-0.15, -0.1) is 11.3 Å². The lowest BCUT2D eigenvalue weighted by Crippen LogP contribution is -2.19. The maximum atomic E-state index is 12.6. The molecule has 0 spiro atoms. The highest BCUT2D eigenvalue weighted by Crippen LogP contribution is 2.30. The third-order valence-electron chi connectivity index (χ3n) is 4.26. The maximum absolute atomic E-state index is 12.6. The van der Waals surface area contributed by atoms with Crippen LogP contribution in [0.15, 0.2) is 34.9 Å². The third-order valence-corrected chi connectivity index (χ3v) is 5.72. The molecular formula is C21H24ClN5O3S. The number of nitrogens with one attached hydrogen (secondary N) is 3. The van der Waals surface area contributed by atoms with Crippen LogP contribution in [0.5, 0.6) is 0 Å². The van der Waals surface area contributed by atoms with Gasteiger partial charge >= 0.3 is 6.03 Å². The Kier molecular flexibility index (Phi) is 6.66. The molecule has 8 nitrogen and oxygen atoms in total. The van der Waals surface area contributed by atoms with E-state index < -0.39 is 6.03 Å². The molecule has 0 saturated heterocycles. The second-order valence-electron chi connectivity index (χ2n) is 8.27. The fourth-order valence-corrected chi connectivity index (χ4v) is 3.78. The van der Waals surface area contributed by atoms with Crippen LogP contribution in [0.1, 0.15) is 61.7 Å². The Morgan fingerprint density at radius 3 is 2.23 bits per heavy atom. The molecule has 1 aromatic carbocycles. The van der Waals surface area contributed by atoms with Crippen LogP contribution < -0.4 is 16.0 Å². The van der Waals surface area contributed by atoms with E-state index in [2.05, 4.69) is 26.1 Å². The number of amides is 3. The van der Waals surface area contributed by atoms with Crippen molar-refractivity contribution in [3.05, 3.63) is 51.1 Å². The average molecular weight is 462 g/mol. The van der Waals surface area contributed by atoms with Gasteiger partial charge in [0.2, 0.25) is 0 Å². The lowest BCUT2D eigenvalue weighted by atomic mass is 9.93. The van der Waals surface area contributed by atoms with E-state index >= 15 is 0 Å². The Morgan fingerprint density at radius 1 is 1.06 bits per heavy atom. The molecule has 2 aromatic heterocycles. The molecule has 0 fully saturated rings. The van der Waals surface area contributed by atoms with E-state index in [1.54, 1.807) is 30.3 Å². The fraction of sp³-hybridized carbons (Fsp3) is 0.333. The fourth-order valence-electron chi connectivity index (χ4n) is 2.65. The number of carbonyl (C=O) groups is 2. The number of hydrogen-bond acceptors (Lipinski definition) is 6. The highest BCUT2D eigenvalue weighted by molar-refractivity contribution is 7.16. The Labute approximate surface area is 189 Å². The van der Waals surface area contributed by atoms with E-state index in [1.807, 2.05) is 34.6 Å². The summed E-state index contributed by atoms with van der Waals surface area (Å²) >= 11 is 7.28. The number of benzene rings is 1. The number of aromatic nitrogens is 2. The first-order valence-corrected chi connectivity index (χ1v) is 10.8. The molecule has 0 atom stereocenters. The van der Waals surface area contributed by atoms with Crippen molar-refractivity contribution in [1.82, 2.24) is 10.1 Å². The monoisotopic (exact) mass is 461 g/mol. The van der Waals surface area contributed by atoms with Gasteiger partial charge in [0.05, 0.1) is 0 Å². The van der Waals surface area contributed by atoms with Gasteiger partial charge in [-0.1, -0.05) is 51.4 Å². The Bertz CT molecular complexity index is 1080. The molecule has 0 aliphatic carbocycles. The summed E-state index contributed by atoms with van der Waals surface area (Å²) in [6, 6.07) is 7.96. The number of urea groups is 1. The second kappa shape index (κ2) is 9.07. The molecule has 3 amide bonds. The van der Waals surface area contributed by atoms with Crippen LogP contribution in [0.3, 0.4) is 0 Å². The minimum Gasteiger partial charge on any atom is -0.359 e. The first kappa shape index (κ1) is 22.8. The molecule has 2 heterocycles. The van der Waals surface area contributed by atoms with Crippen LogP contribution in [-0.4, -0.2) is 22.1 Å². The summed E-state index contributed by atoms with van der Waals surface area (Å²) in [5.74, 6) is 0.810. The molecule has 0 aliphatic heterocycles. The second-order valence-corrected chi connectivity index (χ2v) is 9.88. The number of rotatable bonds is 5. The zero-order chi connectivity index (χ0) is 22.8. The summed E-state index contributed by atoms with van der Waals surface area (Å²) in [7, 11) is 0. The number of anilines is 3. The van der Waals surface area contributed by atoms with Gasteiger partial charge in [-0.05, 0) is 30.2 Å². The lowest BCUT2D eigenvalue weighted by molar-refractivity contribution is 0.102. The first-order valence-electron chi connectivity index (χ1n) is 9.66. The number of nitrogens with zero attached hydrogens (tertiary/aromatic N) is 2. The van der Waals surface area contributed by atoms with Crippen molar-refractivity contribution in [3.8, 4) is 0 Å². The van der Waals surface area contributed by atoms with E-state index in [0.29, 0.717) is 33.1 Å². The van der Waals surface area contributed by atoms with E-state index in [9.17, 15) is 9.59 Å². The van der Waals surface area contributed by atoms with Crippen LogP contribution in [0, 0.1) is 0 Å². The minimum absolute atomic E-state index is 0.139. The predicted molar refractivity (Wildman–Crippen MR) is 123 cm³/mol. The zero-order valence-corrected chi connectivity index (χ0v) is 19.4. The number of thiazole rings is 1. The van der Waals surface area contributed by atoms with Gasteiger partial charge in [0, 0.05) is 27.7 Å². The van der Waals surface area contributed by atoms with Gasteiger partial charge in [-0.2, -0.15) is 0 Å². The van der Waals surface area contributed by atoms with Crippen LogP contribution in [0.4, 0.5) is 22.0 Å². The molecule has 10 heteroatoms. The third kappa shape index (κ3) is 5.83. The maximum Gasteiger partial charge on any atom is 0.324 e. The average Bonchev–Trinajstić information content (AvgIpc) is 3.30. The van der Waals surface area contributed by atoms with Crippen molar-refractivity contribution in [3.63, 3.8) is 0 Å². The van der Waals surface area contributed by atoms with E-state index in [0.717, 1.165) is 4.88 Å². The van der Waals surface area contributed by atoms with Gasteiger partial charge in [0.15, 0.2) is 10.3 Å². The summed E-state index contributed by atoms with van der Waals surface area (Å²) in [5.41, 5.74) is 1.24. The summed E-state index contributed by atoms with van der Waals surface area (Å²) in [5, 5.41) is 12.0. The SMILES string of the molecule is CC(C)c1sc(Cl)nc1C(=O)Nc1ccc(NC(=O)Nc2cc(C(C)(C)C)on2)cc1. The van der Waals surface area contributed by atoms with Crippen molar-refractivity contribution in [2.75, 3.05) is 16.0 Å². The normalized spacial score (nSPS) is 11.5. The summed E-state index contributed by atoms with van der Waals surface area (Å²) in [6.45, 7) is 9.93. The predicted octanol–water partition coefficient (Wildman–Crippen LogP) is 6.10. The molecule has 3 rings (SSSR count). The van der Waals surface area contributed by atoms with Crippen molar-refractivity contribution in [2.24, 2.45) is 0 Å². The quantitative estimate of drug-likeness (QED) is 0.425. The minimum atomic E-state index is -0.454. The highest BCUT2D eigenvalue weighted by atomic mass is 35.5. The topological polar surface area (TPSA) is 109 Å². The molecule has 3 N–H and O–H groups in total. The van der Waals surface area contributed by atoms with Gasteiger partial charge in [0.25, 0.3) is 5.91 Å². The molecule has 0 unspecified atom stereocenters. The van der Waals surface area contributed by atoms with Crippen molar-refractivity contribution in [1.29, 1.82) is 0 Å². The lowest BCUT2D eigenvalue weighted by Gasteiger charge is -2.12.